The number of aryl methyl sites for hydroxylation is 1. The van der Waals surface area contributed by atoms with E-state index in [-0.39, 0.29) is 24.6 Å². The maximum absolute atomic E-state index is 13.0. The van der Waals surface area contributed by atoms with Crippen molar-refractivity contribution < 1.29 is 37.7 Å². The topological polar surface area (TPSA) is 92.7 Å². The summed E-state index contributed by atoms with van der Waals surface area (Å²) in [7, 11) is -4.01. The summed E-state index contributed by atoms with van der Waals surface area (Å²) in [6.07, 6.45) is 12.2. The van der Waals surface area contributed by atoms with Crippen molar-refractivity contribution in [3.63, 3.8) is 0 Å². The molecule has 0 amide bonds. The Hall–Kier alpha value is -0.990. The van der Waals surface area contributed by atoms with Crippen LogP contribution in [0.5, 0.6) is 5.75 Å². The molecule has 1 aromatic rings. The summed E-state index contributed by atoms with van der Waals surface area (Å²) in [6.45, 7) is 8.07. The molecule has 0 spiro atoms. The van der Waals surface area contributed by atoms with E-state index >= 15 is 0 Å². The second kappa shape index (κ2) is 20.8. The van der Waals surface area contributed by atoms with Crippen molar-refractivity contribution in [3.8, 4) is 5.75 Å². The van der Waals surface area contributed by atoms with Gasteiger partial charge in [-0.15, -0.1) is 0 Å². The number of unbranched alkanes of at least 4 members (excludes halogenated alkanes) is 7. The first-order valence-electron chi connectivity index (χ1n) is 14.6. The Morgan fingerprint density at radius 1 is 0.868 bits per heavy atom. The second-order valence-corrected chi connectivity index (χ2v) is 11.5. The molecule has 1 saturated heterocycles. The molecule has 0 aromatic heterocycles. The minimum absolute atomic E-state index is 0.145. The average molecular weight is 559 g/mol. The van der Waals surface area contributed by atoms with Crippen molar-refractivity contribution in [2.75, 3.05) is 59.5 Å². The molecule has 1 heterocycles. The molecule has 2 atom stereocenters. The summed E-state index contributed by atoms with van der Waals surface area (Å²) in [5.74, 6) is 0.372. The van der Waals surface area contributed by atoms with Crippen LogP contribution in [0.2, 0.25) is 0 Å². The van der Waals surface area contributed by atoms with Crippen molar-refractivity contribution in [1.29, 1.82) is 0 Å². The lowest BCUT2D eigenvalue weighted by Gasteiger charge is -2.22. The van der Waals surface area contributed by atoms with Gasteiger partial charge in [0.05, 0.1) is 52.4 Å². The number of hydrogen-bond acceptors (Lipinski definition) is 7. The minimum atomic E-state index is -4.01. The second-order valence-electron chi connectivity index (χ2n) is 9.75. The van der Waals surface area contributed by atoms with Gasteiger partial charge in [0, 0.05) is 6.61 Å². The Balaban J connectivity index is 1.95. The third-order valence-electron chi connectivity index (χ3n) is 6.52. The molecule has 1 fully saturated rings. The van der Waals surface area contributed by atoms with Crippen molar-refractivity contribution in [3.05, 3.63) is 23.8 Å². The lowest BCUT2D eigenvalue weighted by molar-refractivity contribution is -0.0409. The fourth-order valence-corrected chi connectivity index (χ4v) is 5.63. The molecule has 1 aliphatic heterocycles. The quantitative estimate of drug-likeness (QED) is 0.213. The fourth-order valence-electron chi connectivity index (χ4n) is 4.40. The van der Waals surface area contributed by atoms with E-state index in [0.717, 1.165) is 31.2 Å². The standard InChI is InChI=1S/C29H51O8P/c1-3-5-6-7-8-9-10-11-13-26-15-16-28(29(24-26)38(30,31)37-4-2)36-25-27-14-12-17-32-18-19-33-20-21-34-22-23-35-27/h15-16,24,27H,3-14,17-23,25H2,1-2H3,(H,30,31). The number of rotatable bonds is 15. The highest BCUT2D eigenvalue weighted by molar-refractivity contribution is 7.61. The van der Waals surface area contributed by atoms with E-state index in [0.29, 0.717) is 52.0 Å². The van der Waals surface area contributed by atoms with Crippen LogP contribution in [-0.4, -0.2) is 70.5 Å². The van der Waals surface area contributed by atoms with E-state index in [4.69, 9.17) is 28.2 Å². The molecule has 0 bridgehead atoms. The zero-order valence-corrected chi connectivity index (χ0v) is 24.6. The van der Waals surface area contributed by atoms with E-state index in [1.807, 2.05) is 6.07 Å². The molecule has 220 valence electrons. The van der Waals surface area contributed by atoms with Gasteiger partial charge in [-0.25, -0.2) is 0 Å². The van der Waals surface area contributed by atoms with Gasteiger partial charge in [-0.05, 0) is 50.3 Å². The van der Waals surface area contributed by atoms with E-state index in [1.165, 1.54) is 44.9 Å². The van der Waals surface area contributed by atoms with Gasteiger partial charge in [0.1, 0.15) is 17.7 Å². The molecule has 2 rings (SSSR count). The minimum Gasteiger partial charge on any atom is -0.490 e. The van der Waals surface area contributed by atoms with Gasteiger partial charge in [-0.3, -0.25) is 4.57 Å². The van der Waals surface area contributed by atoms with Crippen LogP contribution in [0.3, 0.4) is 0 Å². The molecule has 38 heavy (non-hydrogen) atoms. The van der Waals surface area contributed by atoms with Crippen LogP contribution < -0.4 is 10.0 Å². The fraction of sp³-hybridized carbons (Fsp3) is 0.793. The van der Waals surface area contributed by atoms with Crippen LogP contribution >= 0.6 is 7.60 Å². The van der Waals surface area contributed by atoms with Crippen LogP contribution in [0.1, 0.15) is 83.6 Å². The molecule has 0 saturated carbocycles. The lowest BCUT2D eigenvalue weighted by atomic mass is 10.0. The smallest absolute Gasteiger partial charge is 0.362 e. The van der Waals surface area contributed by atoms with Crippen molar-refractivity contribution in [1.82, 2.24) is 0 Å². The van der Waals surface area contributed by atoms with Gasteiger partial charge in [0.25, 0.3) is 0 Å². The normalized spacial score (nSPS) is 19.9. The third kappa shape index (κ3) is 14.4. The van der Waals surface area contributed by atoms with E-state index < -0.39 is 7.60 Å². The average Bonchev–Trinajstić information content (AvgIpc) is 2.91. The Labute approximate surface area is 230 Å². The largest absolute Gasteiger partial charge is 0.490 e. The molecule has 1 aliphatic rings. The van der Waals surface area contributed by atoms with E-state index in [1.54, 1.807) is 19.1 Å². The summed E-state index contributed by atoms with van der Waals surface area (Å²) < 4.78 is 47.0. The van der Waals surface area contributed by atoms with Crippen molar-refractivity contribution in [2.45, 2.75) is 90.6 Å². The molecule has 9 heteroatoms. The van der Waals surface area contributed by atoms with Crippen molar-refractivity contribution >= 4 is 12.9 Å². The highest BCUT2D eigenvalue weighted by Crippen LogP contribution is 2.44. The van der Waals surface area contributed by atoms with Gasteiger partial charge in [0.2, 0.25) is 0 Å². The third-order valence-corrected chi connectivity index (χ3v) is 8.08. The van der Waals surface area contributed by atoms with E-state index in [2.05, 4.69) is 6.92 Å². The van der Waals surface area contributed by atoms with E-state index in [9.17, 15) is 9.46 Å². The Kier molecular flexibility index (Phi) is 18.2. The van der Waals surface area contributed by atoms with Gasteiger partial charge in [-0.1, -0.05) is 57.9 Å². The number of hydrogen-bond donors (Lipinski definition) is 1. The molecular formula is C29H51O8P. The van der Waals surface area contributed by atoms with Gasteiger partial charge in [0.15, 0.2) is 0 Å². The summed E-state index contributed by atoms with van der Waals surface area (Å²) in [5, 5.41) is 0.226. The van der Waals surface area contributed by atoms with Crippen LogP contribution in [-0.2, 0) is 34.5 Å². The maximum atomic E-state index is 13.0. The van der Waals surface area contributed by atoms with Crippen LogP contribution in [0.25, 0.3) is 0 Å². The van der Waals surface area contributed by atoms with Gasteiger partial charge >= 0.3 is 7.60 Å². The zero-order chi connectivity index (χ0) is 27.3. The Bertz CT molecular complexity index is 761. The predicted octanol–water partition coefficient (Wildman–Crippen LogP) is 5.82. The first-order valence-corrected chi connectivity index (χ1v) is 16.2. The molecule has 1 aromatic carbocycles. The molecule has 0 aliphatic carbocycles. The predicted molar refractivity (Wildman–Crippen MR) is 151 cm³/mol. The summed E-state index contributed by atoms with van der Waals surface area (Å²) >= 11 is 0. The molecular weight excluding hydrogens is 507 g/mol. The molecule has 1 N–H and O–H groups in total. The van der Waals surface area contributed by atoms with Crippen molar-refractivity contribution in [2.24, 2.45) is 0 Å². The first kappa shape index (κ1) is 33.2. The van der Waals surface area contributed by atoms with Gasteiger partial charge in [-0.2, -0.15) is 0 Å². The SMILES string of the molecule is CCCCCCCCCCc1ccc(OCC2CCCOCCOCCOCCO2)c(P(=O)(O)OCC)c1. The Morgan fingerprint density at radius 3 is 2.18 bits per heavy atom. The first-order chi connectivity index (χ1) is 18.6. The summed E-state index contributed by atoms with van der Waals surface area (Å²) in [6, 6.07) is 5.57. The maximum Gasteiger partial charge on any atom is 0.362 e. The summed E-state index contributed by atoms with van der Waals surface area (Å²) in [5.41, 5.74) is 1.03. The van der Waals surface area contributed by atoms with Crippen LogP contribution in [0.4, 0.5) is 0 Å². The number of benzene rings is 1. The summed E-state index contributed by atoms with van der Waals surface area (Å²) in [4.78, 5) is 10.7. The number of ether oxygens (including phenoxy) is 5. The molecule has 0 radical (unpaired) electrons. The lowest BCUT2D eigenvalue weighted by Crippen LogP contribution is -2.26. The highest BCUT2D eigenvalue weighted by Gasteiger charge is 2.27. The monoisotopic (exact) mass is 558 g/mol. The highest BCUT2D eigenvalue weighted by atomic mass is 31.2. The van der Waals surface area contributed by atoms with Crippen LogP contribution in [0, 0.1) is 0 Å². The molecule has 8 nitrogen and oxygen atoms in total. The van der Waals surface area contributed by atoms with Gasteiger partial charge < -0.3 is 33.1 Å². The Morgan fingerprint density at radius 2 is 1.50 bits per heavy atom. The molecule has 2 unspecified atom stereocenters. The van der Waals surface area contributed by atoms with Crippen LogP contribution in [0.15, 0.2) is 18.2 Å². The zero-order valence-electron chi connectivity index (χ0n) is 23.7.